The van der Waals surface area contributed by atoms with Crippen LogP contribution in [0.4, 0.5) is 0 Å². The summed E-state index contributed by atoms with van der Waals surface area (Å²) < 4.78 is 5.82. The first-order valence-corrected chi connectivity index (χ1v) is 10.00. The van der Waals surface area contributed by atoms with E-state index < -0.39 is 0 Å². The fourth-order valence-corrected chi connectivity index (χ4v) is 4.58. The van der Waals surface area contributed by atoms with Crippen LogP contribution in [0.25, 0.3) is 11.3 Å². The molecule has 134 valence electrons. The number of hydrogen-bond acceptors (Lipinski definition) is 4. The average Bonchev–Trinajstić information content (AvgIpc) is 3.35. The van der Waals surface area contributed by atoms with Crippen molar-refractivity contribution in [2.24, 2.45) is 0 Å². The summed E-state index contributed by atoms with van der Waals surface area (Å²) in [7, 11) is 0. The number of aryl methyl sites for hydroxylation is 1. The summed E-state index contributed by atoms with van der Waals surface area (Å²) in [5.41, 5.74) is 2.34. The van der Waals surface area contributed by atoms with Gasteiger partial charge in [0.05, 0.1) is 12.2 Å². The highest BCUT2D eigenvalue weighted by Crippen LogP contribution is 2.35. The zero-order valence-electron chi connectivity index (χ0n) is 14.9. The lowest BCUT2D eigenvalue weighted by atomic mass is 9.97. The van der Waals surface area contributed by atoms with Gasteiger partial charge in [-0.25, -0.2) is 4.98 Å². The van der Waals surface area contributed by atoms with Crippen molar-refractivity contribution in [1.29, 1.82) is 0 Å². The Labute approximate surface area is 157 Å². The highest BCUT2D eigenvalue weighted by Gasteiger charge is 2.30. The van der Waals surface area contributed by atoms with Gasteiger partial charge in [-0.1, -0.05) is 37.3 Å². The van der Waals surface area contributed by atoms with E-state index in [2.05, 4.69) is 23.4 Å². The number of thiophene rings is 1. The number of carbonyl (C=O) groups is 1. The third-order valence-corrected chi connectivity index (χ3v) is 5.96. The number of fused-ring (bicyclic) bond motifs is 1. The Morgan fingerprint density at radius 3 is 2.96 bits per heavy atom. The van der Waals surface area contributed by atoms with Crippen LogP contribution >= 0.6 is 11.3 Å². The maximum atomic E-state index is 12.8. The first kappa shape index (κ1) is 17.0. The molecule has 3 heterocycles. The van der Waals surface area contributed by atoms with Crippen LogP contribution in [0, 0.1) is 0 Å². The molecule has 0 saturated carbocycles. The molecular weight excluding hydrogens is 344 g/mol. The molecule has 0 spiro atoms. The Morgan fingerprint density at radius 1 is 1.31 bits per heavy atom. The van der Waals surface area contributed by atoms with Gasteiger partial charge in [0.2, 0.25) is 5.91 Å². The van der Waals surface area contributed by atoms with Crippen molar-refractivity contribution in [1.82, 2.24) is 9.88 Å². The number of hydrogen-bond donors (Lipinski definition) is 0. The molecule has 1 unspecified atom stereocenters. The third-order valence-electron chi connectivity index (χ3n) is 4.97. The van der Waals surface area contributed by atoms with Crippen molar-refractivity contribution in [2.75, 3.05) is 6.54 Å². The number of amides is 1. The fourth-order valence-electron chi connectivity index (χ4n) is 3.65. The van der Waals surface area contributed by atoms with Crippen LogP contribution in [-0.4, -0.2) is 22.3 Å². The van der Waals surface area contributed by atoms with Crippen LogP contribution in [0.3, 0.4) is 0 Å². The first-order valence-electron chi connectivity index (χ1n) is 9.12. The summed E-state index contributed by atoms with van der Waals surface area (Å²) in [5.74, 6) is 1.56. The molecule has 26 heavy (non-hydrogen) atoms. The molecule has 0 radical (unpaired) electrons. The standard InChI is InChI=1S/C21H22N2O2S/c1-2-17-16-11-13-26-19(16)10-12-23(17)21(24)9-8-20-22-14-18(25-20)15-6-4-3-5-7-15/h3-7,11,13-14,17H,2,8-10,12H2,1H3. The largest absolute Gasteiger partial charge is 0.441 e. The van der Waals surface area contributed by atoms with Crippen molar-refractivity contribution in [2.45, 2.75) is 38.6 Å². The van der Waals surface area contributed by atoms with Crippen molar-refractivity contribution in [3.8, 4) is 11.3 Å². The van der Waals surface area contributed by atoms with Crippen molar-refractivity contribution in [3.05, 3.63) is 64.3 Å². The van der Waals surface area contributed by atoms with Crippen molar-refractivity contribution in [3.63, 3.8) is 0 Å². The predicted molar refractivity (Wildman–Crippen MR) is 103 cm³/mol. The normalized spacial score (nSPS) is 16.5. The number of benzene rings is 1. The Bertz CT molecular complexity index is 884. The van der Waals surface area contributed by atoms with E-state index in [-0.39, 0.29) is 11.9 Å². The van der Waals surface area contributed by atoms with E-state index in [4.69, 9.17) is 4.42 Å². The van der Waals surface area contributed by atoms with Crippen LogP contribution in [0.2, 0.25) is 0 Å². The summed E-state index contributed by atoms with van der Waals surface area (Å²) in [6.07, 6.45) is 4.63. The molecular formula is C21H22N2O2S. The molecule has 5 heteroatoms. The molecule has 4 nitrogen and oxygen atoms in total. The number of rotatable bonds is 5. The molecule has 0 bridgehead atoms. The zero-order chi connectivity index (χ0) is 17.9. The highest BCUT2D eigenvalue weighted by atomic mass is 32.1. The Kier molecular flexibility index (Phi) is 4.89. The number of nitrogens with zero attached hydrogens (tertiary/aromatic N) is 2. The zero-order valence-corrected chi connectivity index (χ0v) is 15.7. The molecule has 0 N–H and O–H groups in total. The minimum atomic E-state index is 0.188. The molecule has 0 fully saturated rings. The molecule has 0 aliphatic carbocycles. The number of carbonyl (C=O) groups excluding carboxylic acids is 1. The lowest BCUT2D eigenvalue weighted by Gasteiger charge is -2.35. The van der Waals surface area contributed by atoms with Gasteiger partial charge < -0.3 is 9.32 Å². The van der Waals surface area contributed by atoms with Crippen LogP contribution in [0.1, 0.15) is 42.1 Å². The van der Waals surface area contributed by atoms with E-state index in [0.29, 0.717) is 18.7 Å². The monoisotopic (exact) mass is 366 g/mol. The minimum Gasteiger partial charge on any atom is -0.441 e. The topological polar surface area (TPSA) is 46.3 Å². The second-order valence-corrected chi connectivity index (χ2v) is 7.55. The van der Waals surface area contributed by atoms with E-state index in [1.54, 1.807) is 17.5 Å². The van der Waals surface area contributed by atoms with E-state index in [9.17, 15) is 4.79 Å². The van der Waals surface area contributed by atoms with Gasteiger partial charge >= 0.3 is 0 Å². The molecule has 1 aliphatic rings. The first-order chi connectivity index (χ1) is 12.8. The van der Waals surface area contributed by atoms with E-state index in [0.717, 1.165) is 30.7 Å². The maximum Gasteiger partial charge on any atom is 0.223 e. The van der Waals surface area contributed by atoms with Gasteiger partial charge in [0.1, 0.15) is 0 Å². The van der Waals surface area contributed by atoms with Crippen LogP contribution in [0.5, 0.6) is 0 Å². The molecule has 3 aromatic rings. The van der Waals surface area contributed by atoms with Gasteiger partial charge in [0, 0.05) is 29.8 Å². The van der Waals surface area contributed by atoms with Crippen LogP contribution < -0.4 is 0 Å². The SMILES string of the molecule is CCC1c2ccsc2CCN1C(=O)CCc1ncc(-c2ccccc2)o1. The second-order valence-electron chi connectivity index (χ2n) is 6.54. The Balaban J connectivity index is 1.41. The minimum absolute atomic E-state index is 0.188. The summed E-state index contributed by atoms with van der Waals surface area (Å²) >= 11 is 1.81. The van der Waals surface area contributed by atoms with E-state index >= 15 is 0 Å². The molecule has 0 saturated heterocycles. The summed E-state index contributed by atoms with van der Waals surface area (Å²) in [4.78, 5) is 20.6. The third kappa shape index (κ3) is 3.31. The summed E-state index contributed by atoms with van der Waals surface area (Å²) in [5, 5.41) is 2.14. The maximum absolute atomic E-state index is 12.8. The van der Waals surface area contributed by atoms with Gasteiger partial charge in [0.15, 0.2) is 11.7 Å². The van der Waals surface area contributed by atoms with Gasteiger partial charge in [-0.3, -0.25) is 4.79 Å². The molecule has 1 atom stereocenters. The molecule has 4 rings (SSSR count). The molecule has 2 aromatic heterocycles. The van der Waals surface area contributed by atoms with Gasteiger partial charge in [0.25, 0.3) is 0 Å². The summed E-state index contributed by atoms with van der Waals surface area (Å²) in [6.45, 7) is 2.96. The predicted octanol–water partition coefficient (Wildman–Crippen LogP) is 4.87. The molecule has 1 amide bonds. The summed E-state index contributed by atoms with van der Waals surface area (Å²) in [6, 6.07) is 12.3. The van der Waals surface area contributed by atoms with Gasteiger partial charge in [-0.05, 0) is 29.9 Å². The Hall–Kier alpha value is -2.40. The number of aromatic nitrogens is 1. The molecule has 1 aliphatic heterocycles. The second kappa shape index (κ2) is 7.46. The lowest BCUT2D eigenvalue weighted by molar-refractivity contribution is -0.134. The van der Waals surface area contributed by atoms with E-state index in [1.165, 1.54) is 10.4 Å². The van der Waals surface area contributed by atoms with Crippen molar-refractivity contribution < 1.29 is 9.21 Å². The number of oxazole rings is 1. The van der Waals surface area contributed by atoms with Crippen LogP contribution in [-0.2, 0) is 17.6 Å². The molecule has 1 aromatic carbocycles. The quantitative estimate of drug-likeness (QED) is 0.647. The van der Waals surface area contributed by atoms with Gasteiger partial charge in [-0.15, -0.1) is 11.3 Å². The fraction of sp³-hybridized carbons (Fsp3) is 0.333. The van der Waals surface area contributed by atoms with Crippen molar-refractivity contribution >= 4 is 17.2 Å². The highest BCUT2D eigenvalue weighted by molar-refractivity contribution is 7.10. The van der Waals surface area contributed by atoms with Gasteiger partial charge in [-0.2, -0.15) is 0 Å². The van der Waals surface area contributed by atoms with Crippen LogP contribution in [0.15, 0.2) is 52.4 Å². The van der Waals surface area contributed by atoms with E-state index in [1.807, 2.05) is 35.2 Å². The smallest absolute Gasteiger partial charge is 0.223 e. The average molecular weight is 366 g/mol. The Morgan fingerprint density at radius 2 is 2.15 bits per heavy atom. The lowest BCUT2D eigenvalue weighted by Crippen LogP contribution is -2.39.